The highest BCUT2D eigenvalue weighted by molar-refractivity contribution is 5.84. The Balaban J connectivity index is 1.56. The number of amides is 2. The molecule has 0 saturated carbocycles. The number of rotatable bonds is 17. The fraction of sp³-hybridized carbons (Fsp3) is 0.786. The highest BCUT2D eigenvalue weighted by Crippen LogP contribution is 2.16. The molecule has 8 nitrogen and oxygen atoms in total. The standard InChI is InChI=1S/C28H47N3O5/c1-2-3-4-5-6-7-13-27(32)30(15-10-14-29-16-20-34-21-17-29)24-28(33)31(22-25-11-8-18-35-25)23-26-12-9-19-36-26/h8,11,18,26H,2-7,9-10,12-17,19-24H2,1H3. The molecule has 0 aliphatic carbocycles. The number of morpholine rings is 1. The average Bonchev–Trinajstić information content (AvgIpc) is 3.60. The van der Waals surface area contributed by atoms with Gasteiger partial charge in [-0.3, -0.25) is 14.5 Å². The first-order valence-electron chi connectivity index (χ1n) is 14.2. The zero-order valence-electron chi connectivity index (χ0n) is 22.3. The van der Waals surface area contributed by atoms with Gasteiger partial charge in [0.25, 0.3) is 0 Å². The number of nitrogens with zero attached hydrogens (tertiary/aromatic N) is 3. The predicted octanol–water partition coefficient (Wildman–Crippen LogP) is 4.09. The molecule has 0 bridgehead atoms. The van der Waals surface area contributed by atoms with Crippen LogP contribution in [0.4, 0.5) is 0 Å². The van der Waals surface area contributed by atoms with Crippen LogP contribution in [0.15, 0.2) is 22.8 Å². The van der Waals surface area contributed by atoms with E-state index >= 15 is 0 Å². The van der Waals surface area contributed by atoms with Crippen molar-refractivity contribution >= 4 is 11.8 Å². The molecule has 36 heavy (non-hydrogen) atoms. The maximum atomic E-state index is 13.5. The third kappa shape index (κ3) is 10.6. The lowest BCUT2D eigenvalue weighted by Gasteiger charge is -2.30. The van der Waals surface area contributed by atoms with E-state index in [1.807, 2.05) is 17.0 Å². The van der Waals surface area contributed by atoms with Gasteiger partial charge in [-0.25, -0.2) is 0 Å². The number of carbonyl (C=O) groups excluding carboxylic acids is 2. The van der Waals surface area contributed by atoms with E-state index in [-0.39, 0.29) is 24.5 Å². The number of hydrogen-bond acceptors (Lipinski definition) is 6. The Morgan fingerprint density at radius 1 is 1.00 bits per heavy atom. The maximum Gasteiger partial charge on any atom is 0.242 e. The van der Waals surface area contributed by atoms with E-state index in [9.17, 15) is 9.59 Å². The smallest absolute Gasteiger partial charge is 0.242 e. The molecule has 0 spiro atoms. The van der Waals surface area contributed by atoms with Crippen molar-refractivity contribution in [1.82, 2.24) is 14.7 Å². The number of unbranched alkanes of at least 4 members (excludes halogenated alkanes) is 5. The highest BCUT2D eigenvalue weighted by atomic mass is 16.5. The molecule has 2 fully saturated rings. The first-order valence-corrected chi connectivity index (χ1v) is 14.2. The number of furan rings is 1. The van der Waals surface area contributed by atoms with Crippen molar-refractivity contribution < 1.29 is 23.5 Å². The maximum absolute atomic E-state index is 13.5. The molecule has 1 aromatic rings. The van der Waals surface area contributed by atoms with Crippen molar-refractivity contribution in [3.05, 3.63) is 24.2 Å². The largest absolute Gasteiger partial charge is 0.467 e. The van der Waals surface area contributed by atoms with Gasteiger partial charge in [0.05, 0.1) is 38.7 Å². The molecule has 3 heterocycles. The summed E-state index contributed by atoms with van der Waals surface area (Å²) in [6.45, 7) is 8.94. The van der Waals surface area contributed by atoms with Crippen molar-refractivity contribution in [2.24, 2.45) is 0 Å². The number of ether oxygens (including phenoxy) is 2. The van der Waals surface area contributed by atoms with Crippen molar-refractivity contribution in [3.63, 3.8) is 0 Å². The fourth-order valence-corrected chi connectivity index (χ4v) is 4.96. The molecule has 1 unspecified atom stereocenters. The van der Waals surface area contributed by atoms with Crippen LogP contribution in [0.25, 0.3) is 0 Å². The van der Waals surface area contributed by atoms with Crippen LogP contribution in [0.1, 0.15) is 76.9 Å². The molecule has 1 atom stereocenters. The van der Waals surface area contributed by atoms with Gasteiger partial charge in [0, 0.05) is 45.8 Å². The molecule has 2 amide bonds. The van der Waals surface area contributed by atoms with E-state index in [2.05, 4.69) is 11.8 Å². The monoisotopic (exact) mass is 505 g/mol. The van der Waals surface area contributed by atoms with E-state index in [0.29, 0.717) is 26.1 Å². The third-order valence-electron chi connectivity index (χ3n) is 7.16. The van der Waals surface area contributed by atoms with Gasteiger partial charge in [0.1, 0.15) is 5.76 Å². The summed E-state index contributed by atoms with van der Waals surface area (Å²) in [5.41, 5.74) is 0. The van der Waals surface area contributed by atoms with E-state index in [0.717, 1.165) is 77.3 Å². The molecule has 8 heteroatoms. The SMILES string of the molecule is CCCCCCCCC(=O)N(CCCN1CCOCC1)CC(=O)N(Cc1ccco1)CC1CCCO1. The lowest BCUT2D eigenvalue weighted by atomic mass is 10.1. The van der Waals surface area contributed by atoms with Gasteiger partial charge in [-0.15, -0.1) is 0 Å². The third-order valence-corrected chi connectivity index (χ3v) is 7.16. The Bertz CT molecular complexity index is 730. The van der Waals surface area contributed by atoms with Gasteiger partial charge >= 0.3 is 0 Å². The average molecular weight is 506 g/mol. The van der Waals surface area contributed by atoms with Crippen LogP contribution in [0.2, 0.25) is 0 Å². The minimum absolute atomic E-state index is 0.0374. The summed E-state index contributed by atoms with van der Waals surface area (Å²) in [7, 11) is 0. The van der Waals surface area contributed by atoms with Crippen LogP contribution in [-0.2, 0) is 25.6 Å². The van der Waals surface area contributed by atoms with Crippen LogP contribution < -0.4 is 0 Å². The lowest BCUT2D eigenvalue weighted by molar-refractivity contribution is -0.142. The molecular formula is C28H47N3O5. The van der Waals surface area contributed by atoms with Gasteiger partial charge in [0.15, 0.2) is 0 Å². The first-order chi connectivity index (χ1) is 17.7. The van der Waals surface area contributed by atoms with E-state index in [1.54, 1.807) is 11.2 Å². The molecule has 3 rings (SSSR count). The summed E-state index contributed by atoms with van der Waals surface area (Å²) in [6, 6.07) is 3.73. The second-order valence-electron chi connectivity index (χ2n) is 10.1. The first kappa shape index (κ1) is 28.7. The summed E-state index contributed by atoms with van der Waals surface area (Å²) >= 11 is 0. The minimum Gasteiger partial charge on any atom is -0.467 e. The summed E-state index contributed by atoms with van der Waals surface area (Å²) in [5.74, 6) is 0.805. The molecule has 1 aromatic heterocycles. The molecule has 0 aromatic carbocycles. The quantitative estimate of drug-likeness (QED) is 0.297. The van der Waals surface area contributed by atoms with E-state index in [1.165, 1.54) is 25.7 Å². The lowest BCUT2D eigenvalue weighted by Crippen LogP contribution is -2.46. The van der Waals surface area contributed by atoms with Gasteiger partial charge in [-0.05, 0) is 37.8 Å². The van der Waals surface area contributed by atoms with E-state index in [4.69, 9.17) is 13.9 Å². The molecule has 2 aliphatic heterocycles. The van der Waals surface area contributed by atoms with Crippen LogP contribution in [0.3, 0.4) is 0 Å². The molecule has 0 N–H and O–H groups in total. The van der Waals surface area contributed by atoms with Gasteiger partial charge in [-0.2, -0.15) is 0 Å². The Morgan fingerprint density at radius 3 is 2.53 bits per heavy atom. The summed E-state index contributed by atoms with van der Waals surface area (Å²) in [6.07, 6.45) is 11.9. The Kier molecular flexibility index (Phi) is 13.4. The Hall–Kier alpha value is -1.90. The van der Waals surface area contributed by atoms with Crippen LogP contribution in [0, 0.1) is 0 Å². The highest BCUT2D eigenvalue weighted by Gasteiger charge is 2.26. The molecular weight excluding hydrogens is 458 g/mol. The molecule has 2 saturated heterocycles. The predicted molar refractivity (Wildman–Crippen MR) is 140 cm³/mol. The zero-order chi connectivity index (χ0) is 25.4. The van der Waals surface area contributed by atoms with Crippen LogP contribution in [0.5, 0.6) is 0 Å². The second kappa shape index (κ2) is 16.8. The number of hydrogen-bond donors (Lipinski definition) is 0. The fourth-order valence-electron chi connectivity index (χ4n) is 4.96. The summed E-state index contributed by atoms with van der Waals surface area (Å²) in [4.78, 5) is 32.7. The van der Waals surface area contributed by atoms with Crippen molar-refractivity contribution in [3.8, 4) is 0 Å². The van der Waals surface area contributed by atoms with Crippen LogP contribution >= 0.6 is 0 Å². The Labute approximate surface area is 217 Å². The topological polar surface area (TPSA) is 75.5 Å². The molecule has 2 aliphatic rings. The van der Waals surface area contributed by atoms with Gasteiger partial charge in [-0.1, -0.05) is 39.0 Å². The summed E-state index contributed by atoms with van der Waals surface area (Å²) < 4.78 is 16.8. The minimum atomic E-state index is -0.0374. The van der Waals surface area contributed by atoms with Crippen molar-refractivity contribution in [2.75, 3.05) is 59.1 Å². The van der Waals surface area contributed by atoms with Crippen molar-refractivity contribution in [2.45, 2.75) is 83.8 Å². The van der Waals surface area contributed by atoms with Gasteiger partial charge < -0.3 is 23.7 Å². The van der Waals surface area contributed by atoms with E-state index < -0.39 is 0 Å². The van der Waals surface area contributed by atoms with Crippen molar-refractivity contribution in [1.29, 1.82) is 0 Å². The normalized spacial score (nSPS) is 18.4. The molecule has 0 radical (unpaired) electrons. The van der Waals surface area contributed by atoms with Crippen LogP contribution in [-0.4, -0.2) is 91.7 Å². The molecule has 204 valence electrons. The van der Waals surface area contributed by atoms with Gasteiger partial charge in [0.2, 0.25) is 11.8 Å². The number of carbonyl (C=O) groups is 2. The second-order valence-corrected chi connectivity index (χ2v) is 10.1. The zero-order valence-corrected chi connectivity index (χ0v) is 22.3. The Morgan fingerprint density at radius 2 is 1.81 bits per heavy atom. The summed E-state index contributed by atoms with van der Waals surface area (Å²) in [5, 5.41) is 0.